The fourth-order valence-electron chi connectivity index (χ4n) is 1.33. The second-order valence-electron chi connectivity index (χ2n) is 4.93. The van der Waals surface area contributed by atoms with Gasteiger partial charge in [0.1, 0.15) is 0 Å². The van der Waals surface area contributed by atoms with Gasteiger partial charge in [-0.15, -0.1) is 0 Å². The van der Waals surface area contributed by atoms with E-state index >= 15 is 0 Å². The van der Waals surface area contributed by atoms with Gasteiger partial charge in [0.05, 0.1) is 11.5 Å². The Hall–Kier alpha value is -0.400. The first-order chi connectivity index (χ1) is 7.41. The zero-order chi connectivity index (χ0) is 12.6. The van der Waals surface area contributed by atoms with Crippen molar-refractivity contribution in [2.45, 2.75) is 52.5 Å². The van der Waals surface area contributed by atoms with Crippen molar-refractivity contribution >= 4 is 10.8 Å². The van der Waals surface area contributed by atoms with Gasteiger partial charge < -0.3 is 5.73 Å². The standard InChI is InChI=1S/C12H24N2OS/c1-4-11(14)9-16(15)8-6-5-7-12(2,3)10-13/h11H,4-9,14H2,1-3H3. The van der Waals surface area contributed by atoms with Crippen molar-refractivity contribution in [3.05, 3.63) is 0 Å². The highest BCUT2D eigenvalue weighted by Crippen LogP contribution is 2.21. The molecule has 0 radical (unpaired) electrons. The fraction of sp³-hybridized carbons (Fsp3) is 0.917. The van der Waals surface area contributed by atoms with Crippen LogP contribution in [0.15, 0.2) is 0 Å². The Morgan fingerprint density at radius 1 is 1.44 bits per heavy atom. The van der Waals surface area contributed by atoms with Gasteiger partial charge in [-0.2, -0.15) is 5.26 Å². The Labute approximate surface area is 102 Å². The molecule has 0 aliphatic carbocycles. The molecule has 94 valence electrons. The molecule has 0 saturated heterocycles. The summed E-state index contributed by atoms with van der Waals surface area (Å²) in [6.45, 7) is 5.89. The number of rotatable bonds is 8. The monoisotopic (exact) mass is 244 g/mol. The first kappa shape index (κ1) is 15.6. The summed E-state index contributed by atoms with van der Waals surface area (Å²) < 4.78 is 11.6. The van der Waals surface area contributed by atoms with Gasteiger partial charge >= 0.3 is 0 Å². The van der Waals surface area contributed by atoms with Crippen LogP contribution in [0.3, 0.4) is 0 Å². The highest BCUT2D eigenvalue weighted by molar-refractivity contribution is 7.85. The lowest BCUT2D eigenvalue weighted by Gasteiger charge is -2.14. The summed E-state index contributed by atoms with van der Waals surface area (Å²) in [6, 6.07) is 2.34. The third kappa shape index (κ3) is 7.84. The van der Waals surface area contributed by atoms with Gasteiger partial charge in [0.25, 0.3) is 0 Å². The first-order valence-electron chi connectivity index (χ1n) is 5.93. The summed E-state index contributed by atoms with van der Waals surface area (Å²) >= 11 is 0. The lowest BCUT2D eigenvalue weighted by molar-refractivity contribution is 0.432. The average molecular weight is 244 g/mol. The molecule has 0 amide bonds. The maximum Gasteiger partial charge on any atom is 0.0683 e. The molecule has 0 saturated carbocycles. The van der Waals surface area contributed by atoms with Crippen LogP contribution >= 0.6 is 0 Å². The summed E-state index contributed by atoms with van der Waals surface area (Å²) in [4.78, 5) is 0. The third-order valence-electron chi connectivity index (χ3n) is 2.65. The summed E-state index contributed by atoms with van der Waals surface area (Å²) in [7, 11) is -0.788. The van der Waals surface area contributed by atoms with Crippen molar-refractivity contribution < 1.29 is 4.21 Å². The summed E-state index contributed by atoms with van der Waals surface area (Å²) in [5, 5.41) is 8.83. The van der Waals surface area contributed by atoms with Crippen molar-refractivity contribution in [1.29, 1.82) is 5.26 Å². The van der Waals surface area contributed by atoms with Crippen LogP contribution in [0.2, 0.25) is 0 Å². The SMILES string of the molecule is CCC(N)CS(=O)CCCCC(C)(C)C#N. The van der Waals surface area contributed by atoms with Gasteiger partial charge in [-0.1, -0.05) is 13.3 Å². The number of nitrogens with zero attached hydrogens (tertiary/aromatic N) is 1. The van der Waals surface area contributed by atoms with E-state index in [1.807, 2.05) is 20.8 Å². The lowest BCUT2D eigenvalue weighted by Crippen LogP contribution is -2.27. The molecule has 0 heterocycles. The molecule has 2 atom stereocenters. The van der Waals surface area contributed by atoms with Gasteiger partial charge in [0.2, 0.25) is 0 Å². The van der Waals surface area contributed by atoms with Crippen LogP contribution in [-0.2, 0) is 10.8 Å². The smallest absolute Gasteiger partial charge is 0.0683 e. The second-order valence-corrected chi connectivity index (χ2v) is 6.55. The molecule has 0 spiro atoms. The molecule has 0 aromatic heterocycles. The molecule has 0 aliphatic heterocycles. The van der Waals surface area contributed by atoms with E-state index in [1.165, 1.54) is 0 Å². The summed E-state index contributed by atoms with van der Waals surface area (Å²) in [5.41, 5.74) is 5.48. The van der Waals surface area contributed by atoms with Crippen LogP contribution in [0, 0.1) is 16.7 Å². The minimum absolute atomic E-state index is 0.0661. The third-order valence-corrected chi connectivity index (χ3v) is 4.19. The molecule has 0 aromatic rings. The number of nitrogens with two attached hydrogens (primary N) is 1. The van der Waals surface area contributed by atoms with E-state index < -0.39 is 10.8 Å². The number of hydrogen-bond donors (Lipinski definition) is 1. The Kier molecular flexibility index (Phi) is 7.61. The average Bonchev–Trinajstić information content (AvgIpc) is 2.24. The van der Waals surface area contributed by atoms with E-state index in [1.54, 1.807) is 0 Å². The van der Waals surface area contributed by atoms with Crippen LogP contribution in [0.4, 0.5) is 0 Å². The van der Waals surface area contributed by atoms with E-state index in [0.717, 1.165) is 31.4 Å². The highest BCUT2D eigenvalue weighted by Gasteiger charge is 2.15. The van der Waals surface area contributed by atoms with Crippen molar-refractivity contribution in [2.75, 3.05) is 11.5 Å². The predicted octanol–water partition coefficient (Wildman–Crippen LogP) is 2.19. The molecule has 3 nitrogen and oxygen atoms in total. The van der Waals surface area contributed by atoms with E-state index in [0.29, 0.717) is 5.75 Å². The van der Waals surface area contributed by atoms with Crippen molar-refractivity contribution in [3.63, 3.8) is 0 Å². The molecule has 2 N–H and O–H groups in total. The highest BCUT2D eigenvalue weighted by atomic mass is 32.2. The molecule has 4 heteroatoms. The van der Waals surface area contributed by atoms with Gasteiger partial charge in [-0.3, -0.25) is 4.21 Å². The molecule has 16 heavy (non-hydrogen) atoms. The molecular formula is C12H24N2OS. The normalized spacial score (nSPS) is 15.4. The minimum atomic E-state index is -0.788. The Bertz CT molecular complexity index is 258. The summed E-state index contributed by atoms with van der Waals surface area (Å²) in [6.07, 6.45) is 3.65. The largest absolute Gasteiger partial charge is 0.327 e. The van der Waals surface area contributed by atoms with E-state index in [4.69, 9.17) is 11.0 Å². The van der Waals surface area contributed by atoms with Crippen LogP contribution < -0.4 is 5.73 Å². The molecule has 0 aromatic carbocycles. The van der Waals surface area contributed by atoms with Crippen LogP contribution in [0.1, 0.15) is 46.5 Å². The number of nitriles is 1. The molecule has 0 aliphatic rings. The van der Waals surface area contributed by atoms with E-state index in [-0.39, 0.29) is 11.5 Å². The first-order valence-corrected chi connectivity index (χ1v) is 7.42. The van der Waals surface area contributed by atoms with E-state index in [9.17, 15) is 4.21 Å². The van der Waals surface area contributed by atoms with Crippen LogP contribution in [0.5, 0.6) is 0 Å². The van der Waals surface area contributed by atoms with E-state index in [2.05, 4.69) is 6.07 Å². The van der Waals surface area contributed by atoms with Crippen molar-refractivity contribution in [1.82, 2.24) is 0 Å². The van der Waals surface area contributed by atoms with Gasteiger partial charge in [0.15, 0.2) is 0 Å². The van der Waals surface area contributed by atoms with Gasteiger partial charge in [-0.05, 0) is 33.1 Å². The Morgan fingerprint density at radius 2 is 2.06 bits per heavy atom. The van der Waals surface area contributed by atoms with Crippen molar-refractivity contribution in [3.8, 4) is 6.07 Å². The Balaban J connectivity index is 3.60. The molecule has 0 rings (SSSR count). The van der Waals surface area contributed by atoms with Gasteiger partial charge in [-0.25, -0.2) is 0 Å². The summed E-state index contributed by atoms with van der Waals surface area (Å²) in [5.74, 6) is 1.33. The molecule has 2 unspecified atom stereocenters. The maximum absolute atomic E-state index is 11.6. The topological polar surface area (TPSA) is 66.9 Å². The lowest BCUT2D eigenvalue weighted by atomic mass is 9.89. The fourth-order valence-corrected chi connectivity index (χ4v) is 2.73. The molecular weight excluding hydrogens is 220 g/mol. The zero-order valence-electron chi connectivity index (χ0n) is 10.7. The second kappa shape index (κ2) is 7.81. The molecule has 0 bridgehead atoms. The predicted molar refractivity (Wildman–Crippen MR) is 69.4 cm³/mol. The van der Waals surface area contributed by atoms with Crippen molar-refractivity contribution in [2.24, 2.45) is 11.1 Å². The zero-order valence-corrected chi connectivity index (χ0v) is 11.5. The van der Waals surface area contributed by atoms with Crippen LogP contribution in [-0.4, -0.2) is 21.8 Å². The van der Waals surface area contributed by atoms with Crippen LogP contribution in [0.25, 0.3) is 0 Å². The Morgan fingerprint density at radius 3 is 2.56 bits per heavy atom. The number of unbranched alkanes of at least 4 members (excludes halogenated alkanes) is 1. The maximum atomic E-state index is 11.6. The number of hydrogen-bond acceptors (Lipinski definition) is 3. The quantitative estimate of drug-likeness (QED) is 0.666. The van der Waals surface area contributed by atoms with Gasteiger partial charge in [0, 0.05) is 28.3 Å². The minimum Gasteiger partial charge on any atom is -0.327 e. The molecule has 0 fully saturated rings.